The molecule has 0 spiro atoms. The normalized spacial score (nSPS) is 13.6. The zero-order chi connectivity index (χ0) is 21.3. The monoisotopic (exact) mass is 410 g/mol. The lowest BCUT2D eigenvalue weighted by Gasteiger charge is -2.15. The van der Waals surface area contributed by atoms with Crippen molar-refractivity contribution in [1.29, 1.82) is 0 Å². The third-order valence-electron chi connectivity index (χ3n) is 4.97. The summed E-state index contributed by atoms with van der Waals surface area (Å²) in [5.74, 6) is -1.33. The summed E-state index contributed by atoms with van der Waals surface area (Å²) in [4.78, 5) is 37.0. The molecule has 0 unspecified atom stereocenters. The van der Waals surface area contributed by atoms with Gasteiger partial charge in [0.25, 0.3) is 11.8 Å². The van der Waals surface area contributed by atoms with E-state index in [4.69, 9.17) is 9.47 Å². The summed E-state index contributed by atoms with van der Waals surface area (Å²) < 4.78 is 10.1. The molecule has 0 saturated heterocycles. The van der Waals surface area contributed by atoms with Gasteiger partial charge in [0.15, 0.2) is 6.61 Å². The van der Waals surface area contributed by atoms with Crippen molar-refractivity contribution in [1.82, 2.24) is 5.32 Å². The third-order valence-corrected chi connectivity index (χ3v) is 4.97. The highest BCUT2D eigenvalue weighted by Gasteiger charge is 2.20. The number of esters is 1. The smallest absolute Gasteiger partial charge is 0.338 e. The second-order valence-electron chi connectivity index (χ2n) is 7.25. The van der Waals surface area contributed by atoms with Crippen LogP contribution < -0.4 is 10.6 Å². The Morgan fingerprint density at radius 3 is 2.40 bits per heavy atom. The van der Waals surface area contributed by atoms with E-state index in [0.717, 1.165) is 31.2 Å². The third kappa shape index (κ3) is 5.90. The Kier molecular flexibility index (Phi) is 7.57. The van der Waals surface area contributed by atoms with Crippen LogP contribution in [-0.2, 0) is 20.9 Å². The number of para-hydroxylation sites is 1. The Morgan fingerprint density at radius 1 is 1.00 bits per heavy atom. The van der Waals surface area contributed by atoms with Crippen molar-refractivity contribution in [3.63, 3.8) is 0 Å². The largest absolute Gasteiger partial charge is 0.452 e. The number of benzene rings is 2. The van der Waals surface area contributed by atoms with Crippen LogP contribution >= 0.6 is 0 Å². The molecule has 158 valence electrons. The molecule has 0 aliphatic heterocycles. The van der Waals surface area contributed by atoms with Crippen LogP contribution in [0.1, 0.15) is 52.0 Å². The molecule has 3 rings (SSSR count). The van der Waals surface area contributed by atoms with E-state index < -0.39 is 18.5 Å². The van der Waals surface area contributed by atoms with Crippen molar-refractivity contribution >= 4 is 23.5 Å². The van der Waals surface area contributed by atoms with Gasteiger partial charge in [0, 0.05) is 13.2 Å². The molecule has 1 aliphatic carbocycles. The van der Waals surface area contributed by atoms with Crippen LogP contribution in [0.15, 0.2) is 48.5 Å². The van der Waals surface area contributed by atoms with Crippen molar-refractivity contribution in [3.8, 4) is 0 Å². The van der Waals surface area contributed by atoms with Crippen molar-refractivity contribution in [2.45, 2.75) is 38.3 Å². The maximum Gasteiger partial charge on any atom is 0.338 e. The zero-order valence-corrected chi connectivity index (χ0v) is 17.0. The number of amides is 2. The molecule has 30 heavy (non-hydrogen) atoms. The highest BCUT2D eigenvalue weighted by atomic mass is 16.5. The molecule has 1 fully saturated rings. The Hall–Kier alpha value is -3.19. The van der Waals surface area contributed by atoms with E-state index in [1.807, 2.05) is 0 Å². The number of hydrogen-bond donors (Lipinski definition) is 2. The summed E-state index contributed by atoms with van der Waals surface area (Å²) in [5, 5.41) is 5.66. The highest BCUT2D eigenvalue weighted by Crippen LogP contribution is 2.20. The Labute approximate surface area is 175 Å². The minimum atomic E-state index is -0.596. The predicted molar refractivity (Wildman–Crippen MR) is 112 cm³/mol. The standard InChI is InChI=1S/C23H26N2O5/c1-29-14-16-10-12-17(13-11-16)23(28)30-15-21(26)25-20-9-5-4-8-19(20)22(27)24-18-6-2-3-7-18/h4-5,8-13,18H,2-3,6-7,14-15H2,1H3,(H,24,27)(H,25,26). The van der Waals surface area contributed by atoms with Gasteiger partial charge in [-0.1, -0.05) is 37.1 Å². The van der Waals surface area contributed by atoms with E-state index in [0.29, 0.717) is 23.4 Å². The molecule has 0 aromatic heterocycles. The van der Waals surface area contributed by atoms with E-state index >= 15 is 0 Å². The molecule has 0 atom stereocenters. The molecule has 0 heterocycles. The average molecular weight is 410 g/mol. The fourth-order valence-corrected chi connectivity index (χ4v) is 3.43. The van der Waals surface area contributed by atoms with Crippen LogP contribution in [0.25, 0.3) is 0 Å². The van der Waals surface area contributed by atoms with E-state index in [9.17, 15) is 14.4 Å². The second kappa shape index (κ2) is 10.5. The summed E-state index contributed by atoms with van der Waals surface area (Å²) in [6, 6.07) is 13.7. The van der Waals surface area contributed by atoms with Crippen molar-refractivity contribution in [2.24, 2.45) is 0 Å². The van der Waals surface area contributed by atoms with Gasteiger partial charge in [-0.3, -0.25) is 9.59 Å². The highest BCUT2D eigenvalue weighted by molar-refractivity contribution is 6.04. The van der Waals surface area contributed by atoms with Crippen LogP contribution in [0.5, 0.6) is 0 Å². The average Bonchev–Trinajstić information content (AvgIpc) is 3.26. The number of anilines is 1. The summed E-state index contributed by atoms with van der Waals surface area (Å²) >= 11 is 0. The number of hydrogen-bond acceptors (Lipinski definition) is 5. The van der Waals surface area contributed by atoms with E-state index in [2.05, 4.69) is 10.6 Å². The van der Waals surface area contributed by atoms with Gasteiger partial charge in [-0.2, -0.15) is 0 Å². The number of ether oxygens (including phenoxy) is 2. The zero-order valence-electron chi connectivity index (χ0n) is 17.0. The Bertz CT molecular complexity index is 889. The molecule has 2 aromatic carbocycles. The van der Waals surface area contributed by atoms with Gasteiger partial charge in [-0.05, 0) is 42.7 Å². The Balaban J connectivity index is 1.54. The predicted octanol–water partition coefficient (Wildman–Crippen LogP) is 3.30. The van der Waals surface area contributed by atoms with Gasteiger partial charge < -0.3 is 20.1 Å². The van der Waals surface area contributed by atoms with Gasteiger partial charge in [-0.15, -0.1) is 0 Å². The van der Waals surface area contributed by atoms with Crippen LogP contribution in [-0.4, -0.2) is 37.5 Å². The summed E-state index contributed by atoms with van der Waals surface area (Å²) in [6.07, 6.45) is 4.18. The molecule has 2 amide bonds. The van der Waals surface area contributed by atoms with E-state index in [1.165, 1.54) is 0 Å². The maximum atomic E-state index is 12.6. The number of methoxy groups -OCH3 is 1. The van der Waals surface area contributed by atoms with Crippen molar-refractivity contribution < 1.29 is 23.9 Å². The van der Waals surface area contributed by atoms with E-state index in [1.54, 1.807) is 55.6 Å². The first-order valence-electron chi connectivity index (χ1n) is 10.0. The summed E-state index contributed by atoms with van der Waals surface area (Å²) in [5.41, 5.74) is 2.05. The van der Waals surface area contributed by atoms with Gasteiger partial charge >= 0.3 is 5.97 Å². The lowest BCUT2D eigenvalue weighted by molar-refractivity contribution is -0.119. The number of nitrogens with one attached hydrogen (secondary N) is 2. The molecule has 0 radical (unpaired) electrons. The molecule has 2 N–H and O–H groups in total. The van der Waals surface area contributed by atoms with Crippen LogP contribution in [0.3, 0.4) is 0 Å². The van der Waals surface area contributed by atoms with Crippen molar-refractivity contribution in [3.05, 3.63) is 65.2 Å². The lowest BCUT2D eigenvalue weighted by atomic mass is 10.1. The molecule has 7 heteroatoms. The lowest BCUT2D eigenvalue weighted by Crippen LogP contribution is -2.33. The molecular weight excluding hydrogens is 384 g/mol. The number of carbonyl (C=O) groups excluding carboxylic acids is 3. The van der Waals surface area contributed by atoms with Crippen molar-refractivity contribution in [2.75, 3.05) is 19.0 Å². The Morgan fingerprint density at radius 2 is 1.70 bits per heavy atom. The first kappa shape index (κ1) is 21.5. The minimum absolute atomic E-state index is 0.178. The quantitative estimate of drug-likeness (QED) is 0.652. The number of carbonyl (C=O) groups is 3. The van der Waals surface area contributed by atoms with Crippen LogP contribution in [0.4, 0.5) is 5.69 Å². The first-order chi connectivity index (χ1) is 14.6. The summed E-state index contributed by atoms with van der Waals surface area (Å²) in [6.45, 7) is 0.00268. The van der Waals surface area contributed by atoms with Gasteiger partial charge in [0.05, 0.1) is 23.4 Å². The van der Waals surface area contributed by atoms with E-state index in [-0.39, 0.29) is 11.9 Å². The molecule has 1 saturated carbocycles. The second-order valence-corrected chi connectivity index (χ2v) is 7.25. The number of rotatable bonds is 8. The molecule has 0 bridgehead atoms. The van der Waals surface area contributed by atoms with Gasteiger partial charge in [0.2, 0.25) is 0 Å². The molecular formula is C23H26N2O5. The fraction of sp³-hybridized carbons (Fsp3) is 0.348. The first-order valence-corrected chi connectivity index (χ1v) is 10.0. The topological polar surface area (TPSA) is 93.7 Å². The maximum absolute atomic E-state index is 12.6. The van der Waals surface area contributed by atoms with Crippen LogP contribution in [0, 0.1) is 0 Å². The fourth-order valence-electron chi connectivity index (χ4n) is 3.43. The minimum Gasteiger partial charge on any atom is -0.452 e. The molecule has 1 aliphatic rings. The summed E-state index contributed by atoms with van der Waals surface area (Å²) in [7, 11) is 1.59. The van der Waals surface area contributed by atoms with Crippen LogP contribution in [0.2, 0.25) is 0 Å². The molecule has 2 aromatic rings. The SMILES string of the molecule is COCc1ccc(C(=O)OCC(=O)Nc2ccccc2C(=O)NC2CCCC2)cc1. The van der Waals surface area contributed by atoms with Gasteiger partial charge in [0.1, 0.15) is 0 Å². The molecule has 7 nitrogen and oxygen atoms in total. The van der Waals surface area contributed by atoms with Gasteiger partial charge in [-0.25, -0.2) is 4.79 Å².